The molecule has 126 valence electrons. The third-order valence-corrected chi connectivity index (χ3v) is 6.77. The molecule has 1 atom stereocenters. The Kier molecular flexibility index (Phi) is 4.35. The number of nitrogens with zero attached hydrogens (tertiary/aromatic N) is 1. The van der Waals surface area contributed by atoms with E-state index < -0.39 is 5.92 Å². The van der Waals surface area contributed by atoms with E-state index in [2.05, 4.69) is 28.9 Å². The average molecular weight is 407 g/mol. The van der Waals surface area contributed by atoms with Crippen LogP contribution in [0.4, 0.5) is 0 Å². The van der Waals surface area contributed by atoms with Crippen LogP contribution >= 0.6 is 27.3 Å². The Morgan fingerprint density at radius 2 is 2.21 bits per heavy atom. The maximum absolute atomic E-state index is 12.8. The number of ether oxygens (including phenoxy) is 1. The molecule has 0 bridgehead atoms. The van der Waals surface area contributed by atoms with Gasteiger partial charge in [0.2, 0.25) is 5.88 Å². The summed E-state index contributed by atoms with van der Waals surface area (Å²) in [5.74, 6) is 0.382. The molecule has 0 fully saturated rings. The fraction of sp³-hybridized carbons (Fsp3) is 0.444. The van der Waals surface area contributed by atoms with E-state index in [4.69, 9.17) is 10.5 Å². The van der Waals surface area contributed by atoms with Crippen LogP contribution in [-0.2, 0) is 16.0 Å². The largest absolute Gasteiger partial charge is 0.444 e. The van der Waals surface area contributed by atoms with Gasteiger partial charge in [0.25, 0.3) is 0 Å². The number of hydrogen-bond acceptors (Lipinski definition) is 5. The van der Waals surface area contributed by atoms with Crippen molar-refractivity contribution in [2.45, 2.75) is 46.0 Å². The van der Waals surface area contributed by atoms with Gasteiger partial charge in [0.15, 0.2) is 5.78 Å². The summed E-state index contributed by atoms with van der Waals surface area (Å²) in [6, 6.07) is 4.16. The van der Waals surface area contributed by atoms with Crippen LogP contribution in [0.3, 0.4) is 0 Å². The van der Waals surface area contributed by atoms with Crippen molar-refractivity contribution in [2.24, 2.45) is 11.1 Å². The summed E-state index contributed by atoms with van der Waals surface area (Å²) in [6.07, 6.45) is 2.00. The van der Waals surface area contributed by atoms with E-state index in [1.165, 1.54) is 4.88 Å². The Bertz CT molecular complexity index is 827. The summed E-state index contributed by atoms with van der Waals surface area (Å²) in [5, 5.41) is 9.60. The molecule has 2 N–H and O–H groups in total. The highest BCUT2D eigenvalue weighted by molar-refractivity contribution is 9.10. The highest BCUT2D eigenvalue weighted by Gasteiger charge is 2.43. The maximum atomic E-state index is 12.8. The summed E-state index contributed by atoms with van der Waals surface area (Å²) in [7, 11) is 0. The van der Waals surface area contributed by atoms with Gasteiger partial charge in [-0.1, -0.05) is 20.8 Å². The average Bonchev–Trinajstić information content (AvgIpc) is 2.85. The molecule has 0 saturated carbocycles. The molecule has 0 unspecified atom stereocenters. The summed E-state index contributed by atoms with van der Waals surface area (Å²) in [4.78, 5) is 15.0. The van der Waals surface area contributed by atoms with Gasteiger partial charge in [-0.2, -0.15) is 5.26 Å². The maximum Gasteiger partial charge on any atom is 0.205 e. The van der Waals surface area contributed by atoms with E-state index in [1.54, 1.807) is 11.3 Å². The lowest BCUT2D eigenvalue weighted by atomic mass is 9.71. The zero-order valence-corrected chi connectivity index (χ0v) is 16.3. The molecule has 1 aromatic rings. The predicted molar refractivity (Wildman–Crippen MR) is 97.1 cm³/mol. The van der Waals surface area contributed by atoms with Crippen molar-refractivity contribution in [1.29, 1.82) is 5.26 Å². The van der Waals surface area contributed by atoms with Gasteiger partial charge in [-0.05, 0) is 33.8 Å². The van der Waals surface area contributed by atoms with E-state index >= 15 is 0 Å². The smallest absolute Gasteiger partial charge is 0.205 e. The van der Waals surface area contributed by atoms with Crippen LogP contribution < -0.4 is 5.73 Å². The van der Waals surface area contributed by atoms with Crippen LogP contribution in [0.2, 0.25) is 0 Å². The number of Topliss-reactive ketones (excluding diaryl/α,β-unsaturated/α-hetero) is 1. The zero-order valence-electron chi connectivity index (χ0n) is 13.9. The Hall–Kier alpha value is -1.58. The minimum Gasteiger partial charge on any atom is -0.444 e. The van der Waals surface area contributed by atoms with E-state index in [9.17, 15) is 10.1 Å². The van der Waals surface area contributed by atoms with Crippen LogP contribution in [0.5, 0.6) is 0 Å². The lowest BCUT2D eigenvalue weighted by Crippen LogP contribution is -2.33. The summed E-state index contributed by atoms with van der Waals surface area (Å²) in [6.45, 7) is 6.17. The van der Waals surface area contributed by atoms with Crippen molar-refractivity contribution >= 4 is 33.0 Å². The lowest BCUT2D eigenvalue weighted by molar-refractivity contribution is -0.119. The Balaban J connectivity index is 2.18. The van der Waals surface area contributed by atoms with Gasteiger partial charge in [-0.15, -0.1) is 11.3 Å². The molecule has 2 heterocycles. The SMILES string of the molecule is CCc1sc([C@H]2C(C#N)=C(N)OC3=C2C(=O)CC(C)(C)C3)cc1Br. The third-order valence-electron chi connectivity index (χ3n) is 4.46. The first kappa shape index (κ1) is 17.2. The number of allylic oxidation sites excluding steroid dienone is 3. The monoisotopic (exact) mass is 406 g/mol. The van der Waals surface area contributed by atoms with Crippen LogP contribution in [0.1, 0.15) is 49.3 Å². The van der Waals surface area contributed by atoms with Gasteiger partial charge in [-0.25, -0.2) is 0 Å². The van der Waals surface area contributed by atoms with E-state index in [-0.39, 0.29) is 17.1 Å². The minimum absolute atomic E-state index is 0.0501. The van der Waals surface area contributed by atoms with Crippen LogP contribution in [-0.4, -0.2) is 5.78 Å². The first-order valence-corrected chi connectivity index (χ1v) is 9.50. The molecule has 0 radical (unpaired) electrons. The number of ketones is 1. The molecule has 6 heteroatoms. The van der Waals surface area contributed by atoms with Gasteiger partial charge in [-0.3, -0.25) is 4.79 Å². The van der Waals surface area contributed by atoms with Crippen LogP contribution in [0.25, 0.3) is 0 Å². The molecule has 1 aliphatic heterocycles. The molecule has 0 spiro atoms. The van der Waals surface area contributed by atoms with Gasteiger partial charge < -0.3 is 10.5 Å². The molecular formula is C18H19BrN2O2S. The Morgan fingerprint density at radius 3 is 2.79 bits per heavy atom. The molecule has 0 amide bonds. The van der Waals surface area contributed by atoms with Crippen LogP contribution in [0, 0.1) is 16.7 Å². The molecule has 24 heavy (non-hydrogen) atoms. The van der Waals surface area contributed by atoms with Gasteiger partial charge in [0.1, 0.15) is 17.4 Å². The molecule has 0 aromatic carbocycles. The number of rotatable bonds is 2. The second kappa shape index (κ2) is 6.05. The minimum atomic E-state index is -0.413. The summed E-state index contributed by atoms with van der Waals surface area (Å²) < 4.78 is 6.71. The molecular weight excluding hydrogens is 388 g/mol. The highest BCUT2D eigenvalue weighted by Crippen LogP contribution is 2.49. The number of carbonyl (C=O) groups is 1. The topological polar surface area (TPSA) is 76.1 Å². The number of aryl methyl sites for hydroxylation is 1. The molecule has 3 rings (SSSR count). The van der Waals surface area contributed by atoms with Crippen molar-refractivity contribution < 1.29 is 9.53 Å². The molecule has 1 aromatic heterocycles. The first-order chi connectivity index (χ1) is 11.3. The third kappa shape index (κ3) is 2.80. The van der Waals surface area contributed by atoms with Crippen molar-refractivity contribution in [1.82, 2.24) is 0 Å². The summed E-state index contributed by atoms with van der Waals surface area (Å²) >= 11 is 5.19. The number of halogens is 1. The van der Waals surface area contributed by atoms with Gasteiger partial charge in [0.05, 0.1) is 5.92 Å². The standard InChI is InChI=1S/C18H19BrN2O2S/c1-4-13-10(19)5-14(24-13)15-9(8-20)17(21)23-12-7-18(2,3)6-11(22)16(12)15/h5,15H,4,6-7,21H2,1-3H3/t15-/m1/s1. The Labute approximate surface area is 154 Å². The van der Waals surface area contributed by atoms with E-state index in [0.717, 1.165) is 15.8 Å². The second-order valence-electron chi connectivity index (χ2n) is 6.98. The zero-order chi connectivity index (χ0) is 17.6. The molecule has 2 aliphatic rings. The fourth-order valence-corrected chi connectivity index (χ4v) is 5.42. The Morgan fingerprint density at radius 1 is 1.50 bits per heavy atom. The molecule has 4 nitrogen and oxygen atoms in total. The normalized spacial score (nSPS) is 23.0. The molecule has 0 saturated heterocycles. The predicted octanol–water partition coefficient (Wildman–Crippen LogP) is 4.52. The van der Waals surface area contributed by atoms with E-state index in [1.807, 2.05) is 19.9 Å². The highest BCUT2D eigenvalue weighted by atomic mass is 79.9. The number of nitriles is 1. The number of hydrogen-bond donors (Lipinski definition) is 1. The quantitative estimate of drug-likeness (QED) is 0.782. The van der Waals surface area contributed by atoms with Gasteiger partial charge >= 0.3 is 0 Å². The number of nitrogens with two attached hydrogens (primary N) is 1. The second-order valence-corrected chi connectivity index (χ2v) is 9.00. The van der Waals surface area contributed by atoms with Crippen molar-refractivity contribution in [3.8, 4) is 6.07 Å². The lowest BCUT2D eigenvalue weighted by Gasteiger charge is -2.36. The van der Waals surface area contributed by atoms with Crippen LogP contribution in [0.15, 0.2) is 33.3 Å². The first-order valence-electron chi connectivity index (χ1n) is 7.89. The van der Waals surface area contributed by atoms with Crippen molar-refractivity contribution in [3.63, 3.8) is 0 Å². The molecule has 1 aliphatic carbocycles. The number of carbonyl (C=O) groups excluding carboxylic acids is 1. The van der Waals surface area contributed by atoms with Gasteiger partial charge in [0, 0.05) is 32.6 Å². The van der Waals surface area contributed by atoms with Crippen molar-refractivity contribution in [2.75, 3.05) is 0 Å². The summed E-state index contributed by atoms with van der Waals surface area (Å²) in [5.41, 5.74) is 6.80. The van der Waals surface area contributed by atoms with Crippen molar-refractivity contribution in [3.05, 3.63) is 43.1 Å². The van der Waals surface area contributed by atoms with E-state index in [0.29, 0.717) is 29.7 Å². The number of thiophene rings is 1. The fourth-order valence-electron chi connectivity index (χ4n) is 3.38.